The van der Waals surface area contributed by atoms with E-state index in [0.29, 0.717) is 0 Å². The summed E-state index contributed by atoms with van der Waals surface area (Å²) in [4.78, 5) is 0. The number of unbranched alkanes of at least 4 members (excludes halogenated alkanes) is 6. The van der Waals surface area contributed by atoms with Crippen LogP contribution in [0.2, 0.25) is 0 Å². The van der Waals surface area contributed by atoms with Gasteiger partial charge in [0.1, 0.15) is 0 Å². The highest BCUT2D eigenvalue weighted by Gasteiger charge is 1.86. The van der Waals surface area contributed by atoms with Crippen molar-refractivity contribution in [2.45, 2.75) is 58.3 Å². The number of allylic oxidation sites excluding steroid dienone is 4. The third kappa shape index (κ3) is 13.8. The van der Waals surface area contributed by atoms with Gasteiger partial charge in [-0.15, -0.1) is 11.6 Å². The normalized spacial score (nSPS) is 11.9. The zero-order valence-corrected chi connectivity index (χ0v) is 10.8. The van der Waals surface area contributed by atoms with E-state index in [1.807, 2.05) is 0 Å². The summed E-state index contributed by atoms with van der Waals surface area (Å²) in [5.41, 5.74) is 0. The van der Waals surface area contributed by atoms with Crippen molar-refractivity contribution in [3.05, 3.63) is 24.3 Å². The fourth-order valence-corrected chi connectivity index (χ4v) is 1.57. The summed E-state index contributed by atoms with van der Waals surface area (Å²) < 4.78 is 0. The maximum Gasteiger partial charge on any atom is 0.0223 e. The second kappa shape index (κ2) is 13.8. The lowest BCUT2D eigenvalue weighted by Crippen LogP contribution is -1.77. The molecule has 0 spiro atoms. The lowest BCUT2D eigenvalue weighted by Gasteiger charge is -1.94. The van der Waals surface area contributed by atoms with Crippen molar-refractivity contribution in [1.29, 1.82) is 0 Å². The van der Waals surface area contributed by atoms with Gasteiger partial charge in [-0.25, -0.2) is 0 Å². The Morgan fingerprint density at radius 1 is 0.800 bits per heavy atom. The topological polar surface area (TPSA) is 0 Å². The lowest BCUT2D eigenvalue weighted by atomic mass is 10.1. The second-order valence-corrected chi connectivity index (χ2v) is 4.27. The molecule has 0 rings (SSSR count). The summed E-state index contributed by atoms with van der Waals surface area (Å²) >= 11 is 5.60. The molecule has 0 fully saturated rings. The Morgan fingerprint density at radius 2 is 1.40 bits per heavy atom. The van der Waals surface area contributed by atoms with Crippen LogP contribution in [0.5, 0.6) is 0 Å². The standard InChI is InChI=1S/C14H25Cl/c1-2-3-4-5-6-7-8-9-10-11-12-13-14-15/h5-8H,2-4,9-14H2,1H3/b6-5+,8-7+. The summed E-state index contributed by atoms with van der Waals surface area (Å²) in [7, 11) is 0. The molecule has 0 atom stereocenters. The van der Waals surface area contributed by atoms with Crippen LogP contribution < -0.4 is 0 Å². The monoisotopic (exact) mass is 228 g/mol. The van der Waals surface area contributed by atoms with Crippen molar-refractivity contribution >= 4 is 11.6 Å². The summed E-state index contributed by atoms with van der Waals surface area (Å²) in [6.07, 6.45) is 19.0. The van der Waals surface area contributed by atoms with Gasteiger partial charge >= 0.3 is 0 Å². The van der Waals surface area contributed by atoms with E-state index in [0.717, 1.165) is 5.88 Å². The van der Waals surface area contributed by atoms with Crippen LogP contribution in [0.25, 0.3) is 0 Å². The number of rotatable bonds is 10. The third-order valence-electron chi connectivity index (χ3n) is 2.36. The van der Waals surface area contributed by atoms with E-state index >= 15 is 0 Å². The summed E-state index contributed by atoms with van der Waals surface area (Å²) in [5.74, 6) is 0.815. The van der Waals surface area contributed by atoms with E-state index in [1.165, 1.54) is 51.4 Å². The van der Waals surface area contributed by atoms with Gasteiger partial charge in [0.25, 0.3) is 0 Å². The van der Waals surface area contributed by atoms with Gasteiger partial charge in [-0.1, -0.05) is 56.9 Å². The molecule has 1 heteroatoms. The minimum atomic E-state index is 0.815. The van der Waals surface area contributed by atoms with E-state index in [2.05, 4.69) is 31.2 Å². The molecule has 0 saturated heterocycles. The Morgan fingerprint density at radius 3 is 2.00 bits per heavy atom. The molecule has 0 N–H and O–H groups in total. The van der Waals surface area contributed by atoms with Crippen LogP contribution in [-0.2, 0) is 0 Å². The van der Waals surface area contributed by atoms with Gasteiger partial charge in [0.2, 0.25) is 0 Å². The maximum absolute atomic E-state index is 5.60. The van der Waals surface area contributed by atoms with Gasteiger partial charge in [0.05, 0.1) is 0 Å². The fourth-order valence-electron chi connectivity index (χ4n) is 1.38. The van der Waals surface area contributed by atoms with Crippen molar-refractivity contribution in [2.24, 2.45) is 0 Å². The summed E-state index contributed by atoms with van der Waals surface area (Å²) in [6, 6.07) is 0. The molecule has 0 saturated carbocycles. The first kappa shape index (κ1) is 14.8. The van der Waals surface area contributed by atoms with E-state index in [-0.39, 0.29) is 0 Å². The van der Waals surface area contributed by atoms with Crippen molar-refractivity contribution in [3.8, 4) is 0 Å². The highest BCUT2D eigenvalue weighted by Crippen LogP contribution is 2.04. The Kier molecular flexibility index (Phi) is 13.6. The molecule has 0 nitrogen and oxygen atoms in total. The molecular weight excluding hydrogens is 204 g/mol. The smallest absolute Gasteiger partial charge is 0.0223 e. The molecule has 0 unspecified atom stereocenters. The number of halogens is 1. The van der Waals surface area contributed by atoms with Gasteiger partial charge in [-0.05, 0) is 25.7 Å². The molecule has 0 radical (unpaired) electrons. The Bertz CT molecular complexity index is 159. The lowest BCUT2D eigenvalue weighted by molar-refractivity contribution is 0.677. The average molecular weight is 229 g/mol. The second-order valence-electron chi connectivity index (χ2n) is 3.89. The van der Waals surface area contributed by atoms with Crippen LogP contribution >= 0.6 is 11.6 Å². The van der Waals surface area contributed by atoms with E-state index in [1.54, 1.807) is 0 Å². The molecule has 0 aliphatic heterocycles. The van der Waals surface area contributed by atoms with Crippen LogP contribution in [-0.4, -0.2) is 5.88 Å². The largest absolute Gasteiger partial charge is 0.127 e. The molecule has 0 bridgehead atoms. The number of hydrogen-bond donors (Lipinski definition) is 0. The molecule has 0 aliphatic rings. The van der Waals surface area contributed by atoms with Crippen molar-refractivity contribution in [1.82, 2.24) is 0 Å². The SMILES string of the molecule is CCCC/C=C/C=C/CCCCCCCl. The molecule has 0 amide bonds. The third-order valence-corrected chi connectivity index (χ3v) is 2.63. The van der Waals surface area contributed by atoms with Gasteiger partial charge in [-0.3, -0.25) is 0 Å². The minimum absolute atomic E-state index is 0.815. The number of alkyl halides is 1. The van der Waals surface area contributed by atoms with Crippen LogP contribution in [0, 0.1) is 0 Å². The summed E-state index contributed by atoms with van der Waals surface area (Å²) in [5, 5.41) is 0. The first-order chi connectivity index (χ1) is 7.41. The molecule has 0 aromatic rings. The van der Waals surface area contributed by atoms with E-state index in [9.17, 15) is 0 Å². The van der Waals surface area contributed by atoms with Crippen molar-refractivity contribution < 1.29 is 0 Å². The molecule has 0 aromatic heterocycles. The zero-order chi connectivity index (χ0) is 11.2. The van der Waals surface area contributed by atoms with Gasteiger partial charge < -0.3 is 0 Å². The average Bonchev–Trinajstić information content (AvgIpc) is 2.26. The minimum Gasteiger partial charge on any atom is -0.127 e. The van der Waals surface area contributed by atoms with E-state index < -0.39 is 0 Å². The van der Waals surface area contributed by atoms with Crippen molar-refractivity contribution in [3.63, 3.8) is 0 Å². The Balaban J connectivity index is 3.13. The van der Waals surface area contributed by atoms with Crippen molar-refractivity contribution in [2.75, 3.05) is 5.88 Å². The molecule has 15 heavy (non-hydrogen) atoms. The number of hydrogen-bond acceptors (Lipinski definition) is 0. The quantitative estimate of drug-likeness (QED) is 0.264. The first-order valence-corrected chi connectivity index (χ1v) is 6.83. The molecule has 0 aliphatic carbocycles. The van der Waals surface area contributed by atoms with Gasteiger partial charge in [-0.2, -0.15) is 0 Å². The molecule has 0 heterocycles. The Hall–Kier alpha value is -0.230. The summed E-state index contributed by atoms with van der Waals surface area (Å²) in [6.45, 7) is 2.23. The molecular formula is C14H25Cl. The predicted octanol–water partition coefficient (Wildman–Crippen LogP) is 5.48. The van der Waals surface area contributed by atoms with Crippen LogP contribution in [0.1, 0.15) is 58.3 Å². The maximum atomic E-state index is 5.60. The Labute approximate surface area is 100 Å². The first-order valence-electron chi connectivity index (χ1n) is 6.29. The highest BCUT2D eigenvalue weighted by atomic mass is 35.5. The highest BCUT2D eigenvalue weighted by molar-refractivity contribution is 6.17. The molecule has 88 valence electrons. The zero-order valence-electron chi connectivity index (χ0n) is 10.1. The van der Waals surface area contributed by atoms with Gasteiger partial charge in [0.15, 0.2) is 0 Å². The molecule has 0 aromatic carbocycles. The van der Waals surface area contributed by atoms with Gasteiger partial charge in [0, 0.05) is 5.88 Å². The van der Waals surface area contributed by atoms with Crippen LogP contribution in [0.4, 0.5) is 0 Å². The fraction of sp³-hybridized carbons (Fsp3) is 0.714. The van der Waals surface area contributed by atoms with Crippen LogP contribution in [0.15, 0.2) is 24.3 Å². The van der Waals surface area contributed by atoms with E-state index in [4.69, 9.17) is 11.6 Å². The van der Waals surface area contributed by atoms with Crippen LogP contribution in [0.3, 0.4) is 0 Å². The predicted molar refractivity (Wildman–Crippen MR) is 71.6 cm³/mol.